The zero-order valence-corrected chi connectivity index (χ0v) is 17.2. The molecular formula is C22H15F9P+. The van der Waals surface area contributed by atoms with Crippen LogP contribution in [0.25, 0.3) is 0 Å². The fourth-order valence-electron chi connectivity index (χ4n) is 3.33. The minimum atomic E-state index is -4.73. The standard InChI is InChI=1S/C22H15F9P/c1-32(17-8-2-5-14(11-17)20(23,24)25,18-9-3-6-15(12-18)21(26,27)28)19-10-4-7-16(13-19)22(29,30)31/h2-13H,1H3/q+1. The highest BCUT2D eigenvalue weighted by Crippen LogP contribution is 2.53. The predicted molar refractivity (Wildman–Crippen MR) is 106 cm³/mol. The average molecular weight is 481 g/mol. The van der Waals surface area contributed by atoms with E-state index in [2.05, 4.69) is 0 Å². The summed E-state index contributed by atoms with van der Waals surface area (Å²) in [7, 11) is -3.32. The van der Waals surface area contributed by atoms with Gasteiger partial charge in [0.25, 0.3) is 0 Å². The van der Waals surface area contributed by atoms with Gasteiger partial charge < -0.3 is 0 Å². The van der Waals surface area contributed by atoms with E-state index in [1.54, 1.807) is 0 Å². The fourth-order valence-corrected chi connectivity index (χ4v) is 6.57. The molecule has 0 unspecified atom stereocenters. The fraction of sp³-hybridized carbons (Fsp3) is 0.182. The van der Waals surface area contributed by atoms with E-state index in [1.807, 2.05) is 0 Å². The molecule has 3 rings (SSSR count). The molecule has 0 aliphatic heterocycles. The van der Waals surface area contributed by atoms with E-state index >= 15 is 0 Å². The maximum absolute atomic E-state index is 13.3. The van der Waals surface area contributed by atoms with Crippen molar-refractivity contribution in [3.63, 3.8) is 0 Å². The van der Waals surface area contributed by atoms with Crippen LogP contribution in [-0.4, -0.2) is 6.66 Å². The van der Waals surface area contributed by atoms with Crippen LogP contribution in [0.15, 0.2) is 72.8 Å². The summed E-state index contributed by atoms with van der Waals surface area (Å²) in [5.74, 6) is 0. The van der Waals surface area contributed by atoms with Gasteiger partial charge in [-0.2, -0.15) is 39.5 Å². The summed E-state index contributed by atoms with van der Waals surface area (Å²) < 4.78 is 120. The van der Waals surface area contributed by atoms with Crippen molar-refractivity contribution in [2.75, 3.05) is 6.66 Å². The van der Waals surface area contributed by atoms with Crippen molar-refractivity contribution in [3.8, 4) is 0 Å². The van der Waals surface area contributed by atoms with Gasteiger partial charge in [-0.1, -0.05) is 18.2 Å². The van der Waals surface area contributed by atoms with Gasteiger partial charge in [0, 0.05) is 0 Å². The van der Waals surface area contributed by atoms with Gasteiger partial charge in [-0.15, -0.1) is 0 Å². The van der Waals surface area contributed by atoms with Gasteiger partial charge in [0.15, 0.2) is 0 Å². The Morgan fingerprint density at radius 1 is 0.469 bits per heavy atom. The Balaban J connectivity index is 2.33. The topological polar surface area (TPSA) is 0 Å². The van der Waals surface area contributed by atoms with Gasteiger partial charge in [-0.05, 0) is 54.6 Å². The average Bonchev–Trinajstić information content (AvgIpc) is 2.71. The van der Waals surface area contributed by atoms with Crippen LogP contribution in [-0.2, 0) is 18.5 Å². The van der Waals surface area contributed by atoms with Crippen molar-refractivity contribution in [1.29, 1.82) is 0 Å². The van der Waals surface area contributed by atoms with Gasteiger partial charge in [-0.3, -0.25) is 0 Å². The lowest BCUT2D eigenvalue weighted by molar-refractivity contribution is -0.138. The number of benzene rings is 3. The minimum Gasteiger partial charge on any atom is -0.166 e. The normalized spacial score (nSPS) is 13.3. The molecule has 170 valence electrons. The Labute approximate surface area is 178 Å². The molecule has 0 atom stereocenters. The highest BCUT2D eigenvalue weighted by atomic mass is 31.2. The molecule has 3 aromatic rings. The van der Waals surface area contributed by atoms with E-state index in [0.717, 1.165) is 54.6 Å². The molecule has 0 nitrogen and oxygen atoms in total. The van der Waals surface area contributed by atoms with Crippen LogP contribution in [0, 0.1) is 0 Å². The highest BCUT2D eigenvalue weighted by Gasteiger charge is 2.45. The van der Waals surface area contributed by atoms with Crippen LogP contribution in [0.1, 0.15) is 16.7 Å². The molecule has 0 saturated heterocycles. The molecule has 0 saturated carbocycles. The number of hydrogen-bond donors (Lipinski definition) is 0. The maximum atomic E-state index is 13.3. The van der Waals surface area contributed by atoms with Gasteiger partial charge in [0.05, 0.1) is 23.4 Å². The summed E-state index contributed by atoms with van der Waals surface area (Å²) >= 11 is 0. The zero-order valence-electron chi connectivity index (χ0n) is 16.3. The van der Waals surface area contributed by atoms with Gasteiger partial charge in [0.1, 0.15) is 23.2 Å². The SMILES string of the molecule is C[P+](c1cccc(C(F)(F)F)c1)(c1cccc(C(F)(F)F)c1)c1cccc(C(F)(F)F)c1. The lowest BCUT2D eigenvalue weighted by Gasteiger charge is -2.25. The van der Waals surface area contributed by atoms with Crippen LogP contribution >= 0.6 is 7.26 Å². The maximum Gasteiger partial charge on any atom is 0.416 e. The third kappa shape index (κ3) is 4.77. The molecule has 10 heteroatoms. The number of hydrogen-bond acceptors (Lipinski definition) is 0. The first-order chi connectivity index (χ1) is 14.6. The van der Waals surface area contributed by atoms with E-state index in [4.69, 9.17) is 0 Å². The molecular weight excluding hydrogens is 466 g/mol. The van der Waals surface area contributed by atoms with Gasteiger partial charge >= 0.3 is 18.5 Å². The van der Waals surface area contributed by atoms with Crippen LogP contribution in [0.2, 0.25) is 0 Å². The summed E-state index contributed by atoms with van der Waals surface area (Å²) in [6.07, 6.45) is -14.2. The third-order valence-electron chi connectivity index (χ3n) is 5.07. The largest absolute Gasteiger partial charge is 0.416 e. The summed E-state index contributed by atoms with van der Waals surface area (Å²) in [6.45, 7) is 1.41. The van der Waals surface area contributed by atoms with Crippen molar-refractivity contribution >= 4 is 23.2 Å². The molecule has 32 heavy (non-hydrogen) atoms. The predicted octanol–water partition coefficient (Wildman–Crippen LogP) is 6.67. The number of alkyl halides is 9. The van der Waals surface area contributed by atoms with Gasteiger partial charge in [0.2, 0.25) is 0 Å². The second-order valence-electron chi connectivity index (χ2n) is 7.15. The van der Waals surface area contributed by atoms with Gasteiger partial charge in [-0.25, -0.2) is 0 Å². The Hall–Kier alpha value is -2.54. The smallest absolute Gasteiger partial charge is 0.166 e. The number of rotatable bonds is 3. The first-order valence-corrected chi connectivity index (χ1v) is 11.3. The lowest BCUT2D eigenvalue weighted by Crippen LogP contribution is -2.32. The first kappa shape index (κ1) is 24.1. The third-order valence-corrected chi connectivity index (χ3v) is 9.00. The minimum absolute atomic E-state index is 0.00553. The first-order valence-electron chi connectivity index (χ1n) is 9.03. The van der Waals surface area contributed by atoms with Crippen molar-refractivity contribution in [2.24, 2.45) is 0 Å². The zero-order chi connectivity index (χ0) is 23.9. The summed E-state index contributed by atoms with van der Waals surface area (Å²) in [5.41, 5.74) is -3.12. The van der Waals surface area contributed by atoms with E-state index in [0.29, 0.717) is 0 Å². The molecule has 0 aromatic heterocycles. The Bertz CT molecular complexity index is 972. The van der Waals surface area contributed by atoms with Crippen LogP contribution < -0.4 is 15.9 Å². The molecule has 0 N–H and O–H groups in total. The summed E-state index contributed by atoms with van der Waals surface area (Å²) in [6, 6.07) is 11.9. The molecule has 0 bridgehead atoms. The van der Waals surface area contributed by atoms with E-state index in [-0.39, 0.29) is 15.9 Å². The molecule has 0 fully saturated rings. The molecule has 3 aromatic carbocycles. The summed E-state index contributed by atoms with van der Waals surface area (Å²) in [5, 5.41) is 0.0166. The van der Waals surface area contributed by atoms with Crippen molar-refractivity contribution < 1.29 is 39.5 Å². The molecule has 0 amide bonds. The van der Waals surface area contributed by atoms with Crippen LogP contribution in [0.3, 0.4) is 0 Å². The molecule has 0 radical (unpaired) electrons. The summed E-state index contributed by atoms with van der Waals surface area (Å²) in [4.78, 5) is 0. The molecule has 0 spiro atoms. The Morgan fingerprint density at radius 2 is 0.719 bits per heavy atom. The van der Waals surface area contributed by atoms with Crippen LogP contribution in [0.5, 0.6) is 0 Å². The Kier molecular flexibility index (Phi) is 6.11. The second-order valence-corrected chi connectivity index (χ2v) is 10.7. The molecule has 0 aliphatic carbocycles. The molecule has 0 aliphatic rings. The lowest BCUT2D eigenvalue weighted by atomic mass is 10.2. The van der Waals surface area contributed by atoms with Crippen molar-refractivity contribution in [1.82, 2.24) is 0 Å². The number of halogens is 9. The highest BCUT2D eigenvalue weighted by molar-refractivity contribution is 7.95. The van der Waals surface area contributed by atoms with Crippen LogP contribution in [0.4, 0.5) is 39.5 Å². The van der Waals surface area contributed by atoms with Crippen molar-refractivity contribution in [3.05, 3.63) is 89.5 Å². The monoisotopic (exact) mass is 481 g/mol. The second kappa shape index (κ2) is 8.10. The molecule has 0 heterocycles. The van der Waals surface area contributed by atoms with E-state index in [1.165, 1.54) is 24.9 Å². The van der Waals surface area contributed by atoms with Crippen molar-refractivity contribution in [2.45, 2.75) is 18.5 Å². The van der Waals surface area contributed by atoms with E-state index in [9.17, 15) is 39.5 Å². The van der Waals surface area contributed by atoms with E-state index < -0.39 is 42.5 Å². The quantitative estimate of drug-likeness (QED) is 0.290. The Morgan fingerprint density at radius 3 is 0.938 bits per heavy atom.